The number of hydrogen-bond acceptors (Lipinski definition) is 3. The quantitative estimate of drug-likeness (QED) is 0.628. The largest absolute Gasteiger partial charge is 0.396 e. The van der Waals surface area contributed by atoms with Crippen LogP contribution in [0.4, 0.5) is 8.78 Å². The number of carbonyl (C=O) groups is 1. The molecule has 1 heterocycles. The van der Waals surface area contributed by atoms with Crippen LogP contribution >= 0.6 is 0 Å². The van der Waals surface area contributed by atoms with Gasteiger partial charge in [0.15, 0.2) is 0 Å². The van der Waals surface area contributed by atoms with E-state index in [1.54, 1.807) is 6.07 Å². The average Bonchev–Trinajstić information content (AvgIpc) is 2.76. The van der Waals surface area contributed by atoms with E-state index in [2.05, 4.69) is 16.9 Å². The molecular formula is C24H28F2N2O2. The fourth-order valence-electron chi connectivity index (χ4n) is 3.73. The molecule has 2 atom stereocenters. The fraction of sp³-hybridized carbons (Fsp3) is 0.417. The van der Waals surface area contributed by atoms with Crippen molar-refractivity contribution < 1.29 is 18.7 Å². The number of allylic oxidation sites excluding steroid dienone is 3. The van der Waals surface area contributed by atoms with Gasteiger partial charge in [-0.05, 0) is 49.3 Å². The highest BCUT2D eigenvalue weighted by Gasteiger charge is 2.40. The second-order valence-electron chi connectivity index (χ2n) is 8.20. The number of aliphatic hydroxyl groups excluding tert-OH is 1. The summed E-state index contributed by atoms with van der Waals surface area (Å²) in [5.41, 5.74) is 3.05. The zero-order chi connectivity index (χ0) is 21.9. The summed E-state index contributed by atoms with van der Waals surface area (Å²) in [5.74, 6) is -3.84. The van der Waals surface area contributed by atoms with Gasteiger partial charge in [0.1, 0.15) is 0 Å². The minimum Gasteiger partial charge on any atom is -0.396 e. The molecule has 1 aliphatic carbocycles. The first-order valence-corrected chi connectivity index (χ1v) is 10.2. The van der Waals surface area contributed by atoms with Crippen molar-refractivity contribution in [2.75, 3.05) is 13.2 Å². The molecule has 1 aromatic heterocycles. The number of pyridine rings is 1. The van der Waals surface area contributed by atoms with Crippen LogP contribution in [0, 0.1) is 11.8 Å². The Morgan fingerprint density at radius 1 is 1.43 bits per heavy atom. The van der Waals surface area contributed by atoms with Crippen molar-refractivity contribution in [3.05, 3.63) is 59.8 Å². The number of alkyl halides is 2. The molecule has 0 bridgehead atoms. The summed E-state index contributed by atoms with van der Waals surface area (Å²) < 4.78 is 28.6. The van der Waals surface area contributed by atoms with Crippen LogP contribution in [0.25, 0.3) is 16.5 Å². The van der Waals surface area contributed by atoms with Gasteiger partial charge < -0.3 is 10.4 Å². The second-order valence-corrected chi connectivity index (χ2v) is 8.20. The molecule has 0 aliphatic heterocycles. The van der Waals surface area contributed by atoms with Crippen LogP contribution in [0.5, 0.6) is 0 Å². The van der Waals surface area contributed by atoms with E-state index in [0.717, 1.165) is 22.0 Å². The summed E-state index contributed by atoms with van der Waals surface area (Å²) in [6.45, 7) is 7.07. The lowest BCUT2D eigenvalue weighted by Crippen LogP contribution is -2.30. The van der Waals surface area contributed by atoms with Gasteiger partial charge in [0.2, 0.25) is 0 Å². The first-order valence-electron chi connectivity index (χ1n) is 10.2. The molecule has 4 nitrogen and oxygen atoms in total. The van der Waals surface area contributed by atoms with E-state index in [9.17, 15) is 13.6 Å². The summed E-state index contributed by atoms with van der Waals surface area (Å²) in [6, 6.07) is 7.51. The summed E-state index contributed by atoms with van der Waals surface area (Å²) >= 11 is 0. The van der Waals surface area contributed by atoms with Crippen LogP contribution < -0.4 is 5.32 Å². The van der Waals surface area contributed by atoms with Crippen molar-refractivity contribution >= 4 is 22.4 Å². The maximum Gasteiger partial charge on any atom is 0.271 e. The molecule has 2 N–H and O–H groups in total. The number of rotatable bonds is 7. The molecule has 0 saturated heterocycles. The molecule has 2 aromatic rings. The molecule has 1 aromatic carbocycles. The summed E-state index contributed by atoms with van der Waals surface area (Å²) in [6.07, 6.45) is 4.67. The topological polar surface area (TPSA) is 62.2 Å². The number of benzene rings is 1. The third kappa shape index (κ3) is 4.59. The molecule has 0 radical (unpaired) electrons. The van der Waals surface area contributed by atoms with E-state index in [-0.39, 0.29) is 24.0 Å². The lowest BCUT2D eigenvalue weighted by molar-refractivity contribution is -0.0235. The van der Waals surface area contributed by atoms with Gasteiger partial charge in [-0.1, -0.05) is 37.8 Å². The van der Waals surface area contributed by atoms with Gasteiger partial charge in [-0.25, -0.2) is 8.78 Å². The number of fused-ring (bicyclic) bond motifs is 1. The van der Waals surface area contributed by atoms with Crippen molar-refractivity contribution in [2.45, 2.75) is 39.0 Å². The summed E-state index contributed by atoms with van der Waals surface area (Å²) in [7, 11) is 0. The van der Waals surface area contributed by atoms with Crippen LogP contribution in [-0.2, 0) is 0 Å². The number of aromatic nitrogens is 1. The molecule has 30 heavy (non-hydrogen) atoms. The summed E-state index contributed by atoms with van der Waals surface area (Å²) in [4.78, 5) is 16.9. The van der Waals surface area contributed by atoms with E-state index >= 15 is 0 Å². The number of aliphatic hydroxyl groups is 1. The minimum absolute atomic E-state index is 0.00782. The van der Waals surface area contributed by atoms with Gasteiger partial charge in [-0.2, -0.15) is 0 Å². The lowest BCUT2D eigenvalue weighted by Gasteiger charge is -2.30. The third-order valence-corrected chi connectivity index (χ3v) is 5.73. The molecule has 6 heteroatoms. The van der Waals surface area contributed by atoms with Gasteiger partial charge in [-0.15, -0.1) is 0 Å². The molecule has 0 spiro atoms. The average molecular weight is 414 g/mol. The van der Waals surface area contributed by atoms with Gasteiger partial charge in [-0.3, -0.25) is 9.78 Å². The third-order valence-electron chi connectivity index (χ3n) is 5.73. The number of nitrogens with zero attached hydrogens (tertiary/aromatic N) is 1. The highest BCUT2D eigenvalue weighted by Crippen LogP contribution is 2.42. The molecule has 0 saturated carbocycles. The highest BCUT2D eigenvalue weighted by atomic mass is 19.3. The van der Waals surface area contributed by atoms with Crippen LogP contribution in [0.1, 0.15) is 49.0 Å². The molecular weight excluding hydrogens is 386 g/mol. The summed E-state index contributed by atoms with van der Waals surface area (Å²) in [5, 5.41) is 12.7. The van der Waals surface area contributed by atoms with E-state index < -0.39 is 11.8 Å². The number of halogens is 2. The monoisotopic (exact) mass is 414 g/mol. The van der Waals surface area contributed by atoms with Crippen molar-refractivity contribution in [1.82, 2.24) is 10.3 Å². The molecule has 1 amide bonds. The second kappa shape index (κ2) is 9.04. The van der Waals surface area contributed by atoms with Crippen LogP contribution in [0.15, 0.2) is 48.7 Å². The number of para-hydroxylation sites is 1. The van der Waals surface area contributed by atoms with Crippen molar-refractivity contribution in [2.24, 2.45) is 11.8 Å². The number of amides is 1. The molecule has 1 aliphatic rings. The standard InChI is InChI=1S/C24H28F2N2O2/c1-15(2)24(25,26)20-9-7-17(8-10-20)21-6-4-5-18-11-19(13-27-22(18)21)23(30)28-12-16(3)14-29/h4-7,11,13,16,20,29H,1,8-10,12,14H2,2-3H3,(H,28,30). The maximum atomic E-state index is 14.3. The Kier molecular flexibility index (Phi) is 6.66. The van der Waals surface area contributed by atoms with Gasteiger partial charge in [0, 0.05) is 36.2 Å². The predicted octanol–water partition coefficient (Wildman–Crippen LogP) is 4.99. The zero-order valence-corrected chi connectivity index (χ0v) is 17.4. The molecule has 2 unspecified atom stereocenters. The highest BCUT2D eigenvalue weighted by molar-refractivity contribution is 5.99. The van der Waals surface area contributed by atoms with E-state index in [1.165, 1.54) is 13.1 Å². The van der Waals surface area contributed by atoms with Crippen molar-refractivity contribution in [3.8, 4) is 0 Å². The number of carbonyl (C=O) groups excluding carboxylic acids is 1. The lowest BCUT2D eigenvalue weighted by atomic mass is 9.81. The fourth-order valence-corrected chi connectivity index (χ4v) is 3.73. The minimum atomic E-state index is -2.85. The maximum absolute atomic E-state index is 14.3. The predicted molar refractivity (Wildman–Crippen MR) is 115 cm³/mol. The number of nitrogens with one attached hydrogen (secondary N) is 1. The molecule has 3 rings (SSSR count). The van der Waals surface area contributed by atoms with E-state index in [4.69, 9.17) is 5.11 Å². The SMILES string of the molecule is C=C(C)C(F)(F)C1CC=C(c2cccc3cc(C(=O)NCC(C)CO)cnc23)CC1. The van der Waals surface area contributed by atoms with Crippen LogP contribution in [0.2, 0.25) is 0 Å². The van der Waals surface area contributed by atoms with Crippen molar-refractivity contribution in [1.29, 1.82) is 0 Å². The first kappa shape index (κ1) is 22.1. The smallest absolute Gasteiger partial charge is 0.271 e. The van der Waals surface area contributed by atoms with Crippen LogP contribution in [-0.4, -0.2) is 35.1 Å². The Morgan fingerprint density at radius 3 is 2.83 bits per heavy atom. The Hall–Kier alpha value is -2.60. The Morgan fingerprint density at radius 2 is 2.20 bits per heavy atom. The number of hydrogen-bond donors (Lipinski definition) is 2. The van der Waals surface area contributed by atoms with Gasteiger partial charge >= 0.3 is 0 Å². The van der Waals surface area contributed by atoms with E-state index in [1.807, 2.05) is 31.2 Å². The van der Waals surface area contributed by atoms with Crippen LogP contribution in [0.3, 0.4) is 0 Å². The van der Waals surface area contributed by atoms with Crippen molar-refractivity contribution in [3.63, 3.8) is 0 Å². The van der Waals surface area contributed by atoms with E-state index in [0.29, 0.717) is 31.4 Å². The molecule has 0 fully saturated rings. The zero-order valence-electron chi connectivity index (χ0n) is 17.4. The first-order chi connectivity index (χ1) is 14.2. The Labute approximate surface area is 175 Å². The van der Waals surface area contributed by atoms with Gasteiger partial charge in [0.25, 0.3) is 11.8 Å². The normalized spacial score (nSPS) is 18.0. The molecule has 160 valence electrons. The Balaban J connectivity index is 1.82. The Bertz CT molecular complexity index is 984. The van der Waals surface area contributed by atoms with Gasteiger partial charge in [0.05, 0.1) is 11.1 Å².